The maximum Gasteiger partial charge on any atom is 0.0465 e. The van der Waals surface area contributed by atoms with Crippen molar-refractivity contribution in [1.29, 1.82) is 0 Å². The third-order valence-corrected chi connectivity index (χ3v) is 3.02. The zero-order valence-electron chi connectivity index (χ0n) is 8.85. The van der Waals surface area contributed by atoms with E-state index in [0.717, 1.165) is 13.2 Å². The summed E-state index contributed by atoms with van der Waals surface area (Å²) in [4.78, 5) is 0. The predicted molar refractivity (Wildman–Crippen MR) is 55.7 cm³/mol. The maximum atomic E-state index is 6.23. The second-order valence-electron chi connectivity index (χ2n) is 4.22. The average Bonchev–Trinajstić information content (AvgIpc) is 2.53. The molecule has 0 aromatic rings. The molecule has 0 atom stereocenters. The van der Waals surface area contributed by atoms with Crippen LogP contribution in [-0.2, 0) is 4.74 Å². The molecule has 0 radical (unpaired) electrons. The molecule has 1 rings (SSSR count). The predicted octanol–water partition coefficient (Wildman–Crippen LogP) is 2.46. The van der Waals surface area contributed by atoms with Crippen LogP contribution in [0.1, 0.15) is 51.9 Å². The summed E-state index contributed by atoms with van der Waals surface area (Å²) in [6.45, 7) is 3.79. The Hall–Kier alpha value is -0.0800. The first-order valence-corrected chi connectivity index (χ1v) is 5.63. The van der Waals surface area contributed by atoms with Gasteiger partial charge >= 0.3 is 0 Å². The third kappa shape index (κ3) is 4.10. The zero-order valence-corrected chi connectivity index (χ0v) is 8.85. The smallest absolute Gasteiger partial charge is 0.0465 e. The molecule has 0 spiro atoms. The van der Waals surface area contributed by atoms with Crippen molar-refractivity contribution in [3.8, 4) is 0 Å². The Bertz CT molecular complexity index is 130. The summed E-state index contributed by atoms with van der Waals surface area (Å²) in [6, 6.07) is 0. The molecule has 2 nitrogen and oxygen atoms in total. The van der Waals surface area contributed by atoms with Gasteiger partial charge in [0, 0.05) is 18.8 Å². The van der Waals surface area contributed by atoms with Gasteiger partial charge in [0.2, 0.25) is 0 Å². The Kier molecular flexibility index (Phi) is 4.74. The van der Waals surface area contributed by atoms with Crippen molar-refractivity contribution in [2.45, 2.75) is 57.4 Å². The van der Waals surface area contributed by atoms with E-state index in [2.05, 4.69) is 0 Å². The SMILES string of the molecule is CCOCCCCC1(N)CCCC1. The molecular formula is C11H23NO. The topological polar surface area (TPSA) is 35.2 Å². The van der Waals surface area contributed by atoms with E-state index >= 15 is 0 Å². The highest BCUT2D eigenvalue weighted by Crippen LogP contribution is 2.31. The van der Waals surface area contributed by atoms with Crippen molar-refractivity contribution >= 4 is 0 Å². The van der Waals surface area contributed by atoms with Crippen LogP contribution in [0.15, 0.2) is 0 Å². The van der Waals surface area contributed by atoms with Crippen LogP contribution in [0.25, 0.3) is 0 Å². The van der Waals surface area contributed by atoms with Gasteiger partial charge in [0.15, 0.2) is 0 Å². The van der Waals surface area contributed by atoms with Crippen LogP contribution >= 0.6 is 0 Å². The van der Waals surface area contributed by atoms with Crippen LogP contribution in [0.2, 0.25) is 0 Å². The third-order valence-electron chi connectivity index (χ3n) is 3.02. The van der Waals surface area contributed by atoms with Crippen LogP contribution in [0.3, 0.4) is 0 Å². The normalized spacial score (nSPS) is 20.8. The molecule has 0 amide bonds. The molecular weight excluding hydrogens is 162 g/mol. The fraction of sp³-hybridized carbons (Fsp3) is 1.00. The summed E-state index contributed by atoms with van der Waals surface area (Å²) in [5.74, 6) is 0. The van der Waals surface area contributed by atoms with Gasteiger partial charge in [0.05, 0.1) is 0 Å². The van der Waals surface area contributed by atoms with Crippen LogP contribution in [0, 0.1) is 0 Å². The Morgan fingerprint density at radius 1 is 1.23 bits per heavy atom. The van der Waals surface area contributed by atoms with E-state index in [9.17, 15) is 0 Å². The first-order valence-electron chi connectivity index (χ1n) is 5.63. The Morgan fingerprint density at radius 2 is 1.92 bits per heavy atom. The van der Waals surface area contributed by atoms with E-state index < -0.39 is 0 Å². The van der Waals surface area contributed by atoms with E-state index in [0.29, 0.717) is 0 Å². The molecule has 0 aromatic heterocycles. The van der Waals surface area contributed by atoms with E-state index in [-0.39, 0.29) is 5.54 Å². The molecule has 2 heteroatoms. The molecule has 0 aliphatic heterocycles. The summed E-state index contributed by atoms with van der Waals surface area (Å²) in [7, 11) is 0. The van der Waals surface area contributed by atoms with E-state index in [1.807, 2.05) is 6.92 Å². The minimum atomic E-state index is 0.187. The number of hydrogen-bond acceptors (Lipinski definition) is 2. The Morgan fingerprint density at radius 3 is 2.54 bits per heavy atom. The lowest BCUT2D eigenvalue weighted by atomic mass is 9.92. The van der Waals surface area contributed by atoms with Gasteiger partial charge in [-0.25, -0.2) is 0 Å². The maximum absolute atomic E-state index is 6.23. The number of unbranched alkanes of at least 4 members (excludes halogenated alkanes) is 1. The van der Waals surface area contributed by atoms with E-state index in [4.69, 9.17) is 10.5 Å². The van der Waals surface area contributed by atoms with Gasteiger partial charge in [-0.1, -0.05) is 12.8 Å². The standard InChI is InChI=1S/C11H23NO/c1-2-13-10-6-5-9-11(12)7-3-4-8-11/h2-10,12H2,1H3. The molecule has 0 unspecified atom stereocenters. The van der Waals surface area contributed by atoms with Crippen molar-refractivity contribution < 1.29 is 4.74 Å². The molecule has 1 aliphatic rings. The summed E-state index contributed by atoms with van der Waals surface area (Å²) < 4.78 is 5.29. The highest BCUT2D eigenvalue weighted by atomic mass is 16.5. The number of rotatable bonds is 6. The monoisotopic (exact) mass is 185 g/mol. The van der Waals surface area contributed by atoms with Crippen LogP contribution in [0.5, 0.6) is 0 Å². The molecule has 78 valence electrons. The molecule has 1 saturated carbocycles. The largest absolute Gasteiger partial charge is 0.382 e. The van der Waals surface area contributed by atoms with Gasteiger partial charge in [-0.2, -0.15) is 0 Å². The molecule has 0 bridgehead atoms. The van der Waals surface area contributed by atoms with Crippen molar-refractivity contribution in [1.82, 2.24) is 0 Å². The van der Waals surface area contributed by atoms with Crippen LogP contribution in [-0.4, -0.2) is 18.8 Å². The van der Waals surface area contributed by atoms with E-state index in [1.165, 1.54) is 44.9 Å². The second-order valence-corrected chi connectivity index (χ2v) is 4.22. The minimum absolute atomic E-state index is 0.187. The fourth-order valence-electron chi connectivity index (χ4n) is 2.15. The van der Waals surface area contributed by atoms with Gasteiger partial charge in [0.1, 0.15) is 0 Å². The van der Waals surface area contributed by atoms with Gasteiger partial charge in [-0.05, 0) is 39.0 Å². The fourth-order valence-corrected chi connectivity index (χ4v) is 2.15. The van der Waals surface area contributed by atoms with Crippen molar-refractivity contribution in [3.05, 3.63) is 0 Å². The molecule has 0 saturated heterocycles. The van der Waals surface area contributed by atoms with Gasteiger partial charge in [-0.15, -0.1) is 0 Å². The molecule has 2 N–H and O–H groups in total. The minimum Gasteiger partial charge on any atom is -0.382 e. The summed E-state index contributed by atoms with van der Waals surface area (Å²) in [5.41, 5.74) is 6.42. The van der Waals surface area contributed by atoms with Gasteiger partial charge in [0.25, 0.3) is 0 Å². The van der Waals surface area contributed by atoms with Gasteiger partial charge < -0.3 is 10.5 Å². The van der Waals surface area contributed by atoms with Crippen molar-refractivity contribution in [3.63, 3.8) is 0 Å². The highest BCUT2D eigenvalue weighted by molar-refractivity contribution is 4.88. The quantitative estimate of drug-likeness (QED) is 0.645. The molecule has 0 heterocycles. The first-order chi connectivity index (χ1) is 6.27. The lowest BCUT2D eigenvalue weighted by Gasteiger charge is -2.23. The van der Waals surface area contributed by atoms with Crippen molar-refractivity contribution in [2.24, 2.45) is 5.73 Å². The number of nitrogens with two attached hydrogens (primary N) is 1. The van der Waals surface area contributed by atoms with Gasteiger partial charge in [-0.3, -0.25) is 0 Å². The van der Waals surface area contributed by atoms with Crippen molar-refractivity contribution in [2.75, 3.05) is 13.2 Å². The first kappa shape index (κ1) is 11.0. The number of hydrogen-bond donors (Lipinski definition) is 1. The lowest BCUT2D eigenvalue weighted by molar-refractivity contribution is 0.141. The Labute approximate surface area is 81.8 Å². The molecule has 1 aliphatic carbocycles. The highest BCUT2D eigenvalue weighted by Gasteiger charge is 2.28. The lowest BCUT2D eigenvalue weighted by Crippen LogP contribution is -2.36. The average molecular weight is 185 g/mol. The summed E-state index contributed by atoms with van der Waals surface area (Å²) in [6.07, 6.45) is 8.75. The summed E-state index contributed by atoms with van der Waals surface area (Å²) in [5, 5.41) is 0. The zero-order chi connectivity index (χ0) is 9.57. The Balaban J connectivity index is 1.98. The number of ether oxygens (including phenoxy) is 1. The summed E-state index contributed by atoms with van der Waals surface area (Å²) >= 11 is 0. The second kappa shape index (κ2) is 5.61. The molecule has 0 aromatic carbocycles. The van der Waals surface area contributed by atoms with Crippen LogP contribution in [0.4, 0.5) is 0 Å². The molecule has 1 fully saturated rings. The van der Waals surface area contributed by atoms with Crippen LogP contribution < -0.4 is 5.73 Å². The van der Waals surface area contributed by atoms with E-state index in [1.54, 1.807) is 0 Å². The molecule has 13 heavy (non-hydrogen) atoms.